The van der Waals surface area contributed by atoms with E-state index in [4.69, 9.17) is 0 Å². The summed E-state index contributed by atoms with van der Waals surface area (Å²) in [6.45, 7) is 0.833. The molecule has 0 unspecified atom stereocenters. The van der Waals surface area contributed by atoms with Crippen LogP contribution in [-0.4, -0.2) is 31.5 Å². The van der Waals surface area contributed by atoms with E-state index in [1.165, 1.54) is 0 Å². The Labute approximate surface area is 125 Å². The molecule has 2 aromatic rings. The Morgan fingerprint density at radius 2 is 1.90 bits per heavy atom. The van der Waals surface area contributed by atoms with Crippen molar-refractivity contribution in [2.45, 2.75) is 6.54 Å². The Hall–Kier alpha value is -2.40. The first-order chi connectivity index (χ1) is 10.1. The van der Waals surface area contributed by atoms with Gasteiger partial charge in [0.05, 0.1) is 12.2 Å². The van der Waals surface area contributed by atoms with E-state index >= 15 is 0 Å². The van der Waals surface area contributed by atoms with Gasteiger partial charge in [0.25, 0.3) is 0 Å². The van der Waals surface area contributed by atoms with Gasteiger partial charge in [-0.2, -0.15) is 0 Å². The minimum absolute atomic E-state index is 0.0662. The fourth-order valence-corrected chi connectivity index (χ4v) is 1.85. The Bertz CT molecular complexity index is 567. The van der Waals surface area contributed by atoms with Crippen molar-refractivity contribution in [2.24, 2.45) is 0 Å². The number of aromatic nitrogens is 1. The summed E-state index contributed by atoms with van der Waals surface area (Å²) in [5.74, 6) is -0.0662. The van der Waals surface area contributed by atoms with E-state index in [2.05, 4.69) is 15.6 Å². The monoisotopic (exact) mass is 284 g/mol. The third kappa shape index (κ3) is 4.89. The molecule has 0 saturated heterocycles. The van der Waals surface area contributed by atoms with E-state index in [-0.39, 0.29) is 12.5 Å². The van der Waals surface area contributed by atoms with E-state index in [1.54, 1.807) is 6.20 Å². The first kappa shape index (κ1) is 15.0. The van der Waals surface area contributed by atoms with Crippen molar-refractivity contribution in [2.75, 3.05) is 30.9 Å². The molecule has 1 amide bonds. The lowest BCUT2D eigenvalue weighted by molar-refractivity contribution is -0.115. The molecule has 0 spiro atoms. The molecular formula is C16H20N4O. The van der Waals surface area contributed by atoms with E-state index in [1.807, 2.05) is 61.5 Å². The first-order valence-electron chi connectivity index (χ1n) is 6.83. The van der Waals surface area contributed by atoms with Gasteiger partial charge in [0.2, 0.25) is 5.91 Å². The standard InChI is InChI=1S/C16H20N4O/c1-20(2)15-8-6-13(7-9-15)19-16(21)12-17-11-14-5-3-4-10-18-14/h3-10,17H,11-12H2,1-2H3,(H,19,21). The van der Waals surface area contributed by atoms with E-state index in [0.29, 0.717) is 6.54 Å². The van der Waals surface area contributed by atoms with Gasteiger partial charge in [-0.25, -0.2) is 0 Å². The Kier molecular flexibility index (Phi) is 5.29. The molecule has 110 valence electrons. The van der Waals surface area contributed by atoms with Crippen LogP contribution in [0.2, 0.25) is 0 Å². The number of benzene rings is 1. The summed E-state index contributed by atoms with van der Waals surface area (Å²) < 4.78 is 0. The van der Waals surface area contributed by atoms with Crippen LogP contribution in [0.4, 0.5) is 11.4 Å². The minimum Gasteiger partial charge on any atom is -0.378 e. The average Bonchev–Trinajstić information content (AvgIpc) is 2.49. The van der Waals surface area contributed by atoms with Crippen molar-refractivity contribution in [3.05, 3.63) is 54.4 Å². The van der Waals surface area contributed by atoms with Crippen LogP contribution in [-0.2, 0) is 11.3 Å². The van der Waals surface area contributed by atoms with Crippen LogP contribution in [0.5, 0.6) is 0 Å². The van der Waals surface area contributed by atoms with Crippen molar-refractivity contribution in [1.29, 1.82) is 0 Å². The zero-order chi connectivity index (χ0) is 15.1. The lowest BCUT2D eigenvalue weighted by Crippen LogP contribution is -2.27. The number of carbonyl (C=O) groups excluding carboxylic acids is 1. The zero-order valence-electron chi connectivity index (χ0n) is 12.3. The summed E-state index contributed by atoms with van der Waals surface area (Å²) >= 11 is 0. The van der Waals surface area contributed by atoms with Gasteiger partial charge in [0.15, 0.2) is 0 Å². The first-order valence-corrected chi connectivity index (χ1v) is 6.83. The molecule has 0 fully saturated rings. The quantitative estimate of drug-likeness (QED) is 0.850. The molecule has 0 atom stereocenters. The molecule has 1 heterocycles. The van der Waals surface area contributed by atoms with Gasteiger partial charge in [-0.05, 0) is 36.4 Å². The molecular weight excluding hydrogens is 264 g/mol. The fraction of sp³-hybridized carbons (Fsp3) is 0.250. The molecule has 0 aliphatic heterocycles. The Morgan fingerprint density at radius 3 is 2.52 bits per heavy atom. The van der Waals surface area contributed by atoms with Gasteiger partial charge in [-0.1, -0.05) is 6.07 Å². The van der Waals surface area contributed by atoms with Crippen LogP contribution in [0.3, 0.4) is 0 Å². The van der Waals surface area contributed by atoms with E-state index in [9.17, 15) is 4.79 Å². The van der Waals surface area contributed by atoms with Gasteiger partial charge < -0.3 is 15.5 Å². The molecule has 1 aromatic heterocycles. The third-order valence-corrected chi connectivity index (χ3v) is 2.99. The normalized spacial score (nSPS) is 10.2. The zero-order valence-corrected chi connectivity index (χ0v) is 12.3. The Balaban J connectivity index is 1.76. The van der Waals surface area contributed by atoms with Crippen molar-refractivity contribution < 1.29 is 4.79 Å². The highest BCUT2D eigenvalue weighted by Gasteiger charge is 2.03. The second kappa shape index (κ2) is 7.40. The van der Waals surface area contributed by atoms with Gasteiger partial charge in [-0.15, -0.1) is 0 Å². The summed E-state index contributed by atoms with van der Waals surface area (Å²) in [7, 11) is 3.96. The maximum atomic E-state index is 11.8. The maximum absolute atomic E-state index is 11.8. The van der Waals surface area contributed by atoms with Gasteiger partial charge in [-0.3, -0.25) is 9.78 Å². The number of nitrogens with one attached hydrogen (secondary N) is 2. The summed E-state index contributed by atoms with van der Waals surface area (Å²) in [6.07, 6.45) is 1.74. The van der Waals surface area contributed by atoms with Gasteiger partial charge in [0, 0.05) is 38.2 Å². The highest BCUT2D eigenvalue weighted by molar-refractivity contribution is 5.92. The molecule has 0 saturated carbocycles. The molecule has 5 heteroatoms. The SMILES string of the molecule is CN(C)c1ccc(NC(=O)CNCc2ccccn2)cc1. The van der Waals surface area contributed by atoms with Crippen molar-refractivity contribution in [1.82, 2.24) is 10.3 Å². The van der Waals surface area contributed by atoms with Gasteiger partial charge in [0.1, 0.15) is 0 Å². The number of anilines is 2. The number of nitrogens with zero attached hydrogens (tertiary/aromatic N) is 2. The van der Waals surface area contributed by atoms with Crippen LogP contribution < -0.4 is 15.5 Å². The highest BCUT2D eigenvalue weighted by atomic mass is 16.1. The summed E-state index contributed by atoms with van der Waals surface area (Å²) in [4.78, 5) is 18.0. The molecule has 1 aromatic carbocycles. The van der Waals surface area contributed by atoms with E-state index < -0.39 is 0 Å². The predicted octanol–water partition coefficient (Wildman–Crippen LogP) is 1.88. The molecule has 2 rings (SSSR count). The number of carbonyl (C=O) groups is 1. The number of rotatable bonds is 6. The summed E-state index contributed by atoms with van der Waals surface area (Å²) in [6, 6.07) is 13.4. The van der Waals surface area contributed by atoms with Crippen LogP contribution in [0.1, 0.15) is 5.69 Å². The van der Waals surface area contributed by atoms with Gasteiger partial charge >= 0.3 is 0 Å². The fourth-order valence-electron chi connectivity index (χ4n) is 1.85. The Morgan fingerprint density at radius 1 is 1.14 bits per heavy atom. The van der Waals surface area contributed by atoms with Crippen molar-refractivity contribution in [3.8, 4) is 0 Å². The second-order valence-corrected chi connectivity index (χ2v) is 4.91. The van der Waals surface area contributed by atoms with Crippen LogP contribution in [0.25, 0.3) is 0 Å². The minimum atomic E-state index is -0.0662. The third-order valence-electron chi connectivity index (χ3n) is 2.99. The highest BCUT2D eigenvalue weighted by Crippen LogP contribution is 2.15. The number of hydrogen-bond donors (Lipinski definition) is 2. The number of hydrogen-bond acceptors (Lipinski definition) is 4. The molecule has 0 aliphatic rings. The molecule has 5 nitrogen and oxygen atoms in total. The molecule has 0 aliphatic carbocycles. The number of pyridine rings is 1. The topological polar surface area (TPSA) is 57.3 Å². The van der Waals surface area contributed by atoms with Crippen molar-refractivity contribution >= 4 is 17.3 Å². The van der Waals surface area contributed by atoms with Crippen molar-refractivity contribution in [3.63, 3.8) is 0 Å². The summed E-state index contributed by atoms with van der Waals surface area (Å²) in [5.41, 5.74) is 2.81. The predicted molar refractivity (Wildman–Crippen MR) is 85.3 cm³/mol. The lowest BCUT2D eigenvalue weighted by Gasteiger charge is -2.13. The molecule has 21 heavy (non-hydrogen) atoms. The largest absolute Gasteiger partial charge is 0.378 e. The summed E-state index contributed by atoms with van der Waals surface area (Å²) in [5, 5.41) is 5.92. The molecule has 0 radical (unpaired) electrons. The number of amides is 1. The van der Waals surface area contributed by atoms with Crippen LogP contribution in [0.15, 0.2) is 48.7 Å². The lowest BCUT2D eigenvalue weighted by atomic mass is 10.2. The average molecular weight is 284 g/mol. The van der Waals surface area contributed by atoms with Crippen LogP contribution >= 0.6 is 0 Å². The smallest absolute Gasteiger partial charge is 0.238 e. The second-order valence-electron chi connectivity index (χ2n) is 4.91. The molecule has 2 N–H and O–H groups in total. The van der Waals surface area contributed by atoms with E-state index in [0.717, 1.165) is 17.1 Å². The van der Waals surface area contributed by atoms with Crippen LogP contribution in [0, 0.1) is 0 Å². The molecule has 0 bridgehead atoms. The maximum Gasteiger partial charge on any atom is 0.238 e.